The van der Waals surface area contributed by atoms with Crippen molar-refractivity contribution in [1.82, 2.24) is 24.2 Å². The van der Waals surface area contributed by atoms with Crippen molar-refractivity contribution in [1.29, 1.82) is 0 Å². The van der Waals surface area contributed by atoms with Gasteiger partial charge in [0.2, 0.25) is 0 Å². The molecule has 7 rings (SSSR count). The number of benzene rings is 3. The summed E-state index contributed by atoms with van der Waals surface area (Å²) in [5.41, 5.74) is 3.78. The summed E-state index contributed by atoms with van der Waals surface area (Å²) in [6.07, 6.45) is 7.48. The van der Waals surface area contributed by atoms with Crippen molar-refractivity contribution in [2.45, 2.75) is 24.9 Å². The summed E-state index contributed by atoms with van der Waals surface area (Å²) in [7, 11) is 1.66. The third-order valence-electron chi connectivity index (χ3n) is 8.00. The Bertz CT molecular complexity index is 1810. The quantitative estimate of drug-likeness (QED) is 0.257. The first kappa shape index (κ1) is 24.0. The third kappa shape index (κ3) is 4.09. The van der Waals surface area contributed by atoms with Gasteiger partial charge in [-0.25, -0.2) is 9.18 Å². The molecule has 3 aromatic carbocycles. The summed E-state index contributed by atoms with van der Waals surface area (Å²) in [5, 5.41) is 23.4. The number of hydrogen-bond acceptors (Lipinski definition) is 5. The molecule has 8 nitrogen and oxygen atoms in total. The van der Waals surface area contributed by atoms with Crippen molar-refractivity contribution in [3.8, 4) is 33.7 Å². The number of halogens is 2. The monoisotopic (exact) mass is 544 g/mol. The molecule has 0 radical (unpaired) electrons. The molecule has 2 aliphatic heterocycles. The highest BCUT2D eigenvalue weighted by atomic mass is 35.5. The van der Waals surface area contributed by atoms with Crippen molar-refractivity contribution < 1.29 is 9.50 Å². The van der Waals surface area contributed by atoms with E-state index in [1.54, 1.807) is 43.8 Å². The van der Waals surface area contributed by atoms with E-state index >= 15 is 4.39 Å². The molecule has 10 heteroatoms. The van der Waals surface area contributed by atoms with Crippen LogP contribution in [-0.4, -0.2) is 54.5 Å². The van der Waals surface area contributed by atoms with Gasteiger partial charge in [0.15, 0.2) is 0 Å². The first-order valence-corrected chi connectivity index (χ1v) is 13.3. The molecule has 0 spiro atoms. The number of aromatic amines is 1. The molecule has 5 aromatic rings. The van der Waals surface area contributed by atoms with E-state index in [1.165, 1.54) is 40.7 Å². The number of rotatable bonds is 6. The van der Waals surface area contributed by atoms with E-state index < -0.39 is 5.82 Å². The van der Waals surface area contributed by atoms with Crippen molar-refractivity contribution >= 4 is 28.2 Å². The van der Waals surface area contributed by atoms with Crippen LogP contribution < -0.4 is 11.0 Å². The molecular weight excluding hydrogens is 519 g/mol. The van der Waals surface area contributed by atoms with Gasteiger partial charge in [-0.15, -0.1) is 0 Å². The van der Waals surface area contributed by atoms with Gasteiger partial charge in [-0.3, -0.25) is 14.6 Å². The Hall–Kier alpha value is -4.08. The number of nitrogens with one attached hydrogen (secondary N) is 2. The fourth-order valence-electron chi connectivity index (χ4n) is 5.81. The molecule has 0 saturated carbocycles. The molecule has 0 bridgehead atoms. The zero-order valence-corrected chi connectivity index (χ0v) is 21.9. The Morgan fingerprint density at radius 3 is 2.64 bits per heavy atom. The van der Waals surface area contributed by atoms with Gasteiger partial charge in [0, 0.05) is 66.8 Å². The summed E-state index contributed by atoms with van der Waals surface area (Å²) < 4.78 is 17.9. The van der Waals surface area contributed by atoms with Gasteiger partial charge in [-0.2, -0.15) is 5.10 Å². The lowest BCUT2D eigenvalue weighted by molar-refractivity contribution is 0.441. The van der Waals surface area contributed by atoms with Gasteiger partial charge in [0.1, 0.15) is 11.6 Å². The van der Waals surface area contributed by atoms with Gasteiger partial charge in [0.25, 0.3) is 0 Å². The fourth-order valence-corrected chi connectivity index (χ4v) is 6.08. The molecule has 3 unspecified atom stereocenters. The topological polar surface area (TPSA) is 90.9 Å². The maximum Gasteiger partial charge on any atom is 0.332 e. The Morgan fingerprint density at radius 2 is 1.95 bits per heavy atom. The minimum absolute atomic E-state index is 0.0652. The van der Waals surface area contributed by atoms with E-state index in [0.29, 0.717) is 39.0 Å². The second-order valence-electron chi connectivity index (χ2n) is 10.4. The van der Waals surface area contributed by atoms with Gasteiger partial charge >= 0.3 is 5.69 Å². The van der Waals surface area contributed by atoms with Crippen molar-refractivity contribution in [3.05, 3.63) is 82.4 Å². The molecule has 39 heavy (non-hydrogen) atoms. The number of nitrogens with zero attached hydrogens (tertiary/aromatic N) is 4. The summed E-state index contributed by atoms with van der Waals surface area (Å²) in [4.78, 5) is 14.9. The second-order valence-corrected chi connectivity index (χ2v) is 10.8. The third-order valence-corrected chi connectivity index (χ3v) is 8.30. The van der Waals surface area contributed by atoms with Crippen molar-refractivity contribution in [2.24, 2.45) is 7.05 Å². The SMILES string of the molecule is Cn1ccn(-c2ccc(-c3cc(F)cc(-c4cc(NCC5CCC6CN56)c5cn[nH]c5c4)c3O)cc2Cl)c1=O. The lowest BCUT2D eigenvalue weighted by atomic mass is 9.95. The molecule has 2 aromatic heterocycles. The highest BCUT2D eigenvalue weighted by Gasteiger charge is 2.44. The largest absolute Gasteiger partial charge is 0.507 e. The molecular formula is C29H26ClFN6O2. The molecule has 0 amide bonds. The summed E-state index contributed by atoms with van der Waals surface area (Å²) in [6, 6.07) is 12.7. The zero-order valence-electron chi connectivity index (χ0n) is 21.2. The number of H-pyrrole nitrogens is 1. The molecule has 4 heterocycles. The standard InChI is InChI=1S/C29H26ClFN6O2/c1-35-6-7-36(29(35)39)27-5-2-16(8-24(27)30)21-11-18(31)12-22(28(21)38)17-9-25(23-14-33-34-26(23)10-17)32-13-19-3-4-20-15-37(19)20/h2,5-12,14,19-20,32,38H,3-4,13,15H2,1H3,(H,33,34). The van der Waals surface area contributed by atoms with Crippen LogP contribution in [0.1, 0.15) is 12.8 Å². The minimum Gasteiger partial charge on any atom is -0.507 e. The normalized spacial score (nSPS) is 19.9. The summed E-state index contributed by atoms with van der Waals surface area (Å²) in [6.45, 7) is 2.00. The van der Waals surface area contributed by atoms with Gasteiger partial charge < -0.3 is 15.0 Å². The predicted octanol–water partition coefficient (Wildman–Crippen LogP) is 5.14. The molecule has 3 atom stereocenters. The Kier molecular flexibility index (Phi) is 5.54. The Balaban J connectivity index is 1.27. The van der Waals surface area contributed by atoms with Crippen LogP contribution in [0.15, 0.2) is 65.8 Å². The number of hydrogen-bond donors (Lipinski definition) is 3. The van der Waals surface area contributed by atoms with Crippen LogP contribution in [0.25, 0.3) is 38.8 Å². The van der Waals surface area contributed by atoms with Crippen LogP contribution >= 0.6 is 11.6 Å². The molecule has 3 N–H and O–H groups in total. The summed E-state index contributed by atoms with van der Waals surface area (Å²) in [5.74, 6) is -0.556. The molecule has 2 saturated heterocycles. The van der Waals surface area contributed by atoms with E-state index in [9.17, 15) is 9.90 Å². The van der Waals surface area contributed by atoms with E-state index in [1.807, 2.05) is 12.1 Å². The van der Waals surface area contributed by atoms with Gasteiger partial charge in [-0.05, 0) is 60.4 Å². The number of aromatic nitrogens is 4. The lowest BCUT2D eigenvalue weighted by Gasteiger charge is -2.17. The number of fused-ring (bicyclic) bond motifs is 2. The van der Waals surface area contributed by atoms with Gasteiger partial charge in [-0.1, -0.05) is 17.7 Å². The maximum atomic E-state index is 15.0. The highest BCUT2D eigenvalue weighted by Crippen LogP contribution is 2.42. The maximum absolute atomic E-state index is 15.0. The molecule has 198 valence electrons. The number of phenolic OH excluding ortho intramolecular Hbond substituents is 1. The summed E-state index contributed by atoms with van der Waals surface area (Å²) >= 11 is 6.55. The number of piperidine rings is 1. The van der Waals surface area contributed by atoms with Crippen LogP contribution in [0.3, 0.4) is 0 Å². The molecule has 2 fully saturated rings. The average molecular weight is 545 g/mol. The minimum atomic E-state index is -0.491. The number of aromatic hydroxyl groups is 1. The lowest BCUT2D eigenvalue weighted by Crippen LogP contribution is -2.24. The highest BCUT2D eigenvalue weighted by molar-refractivity contribution is 6.32. The van der Waals surface area contributed by atoms with E-state index in [0.717, 1.165) is 29.2 Å². The number of imidazole rings is 1. The Morgan fingerprint density at radius 1 is 1.13 bits per heavy atom. The molecule has 0 aliphatic carbocycles. The van der Waals surface area contributed by atoms with E-state index in [2.05, 4.69) is 20.4 Å². The number of phenols is 1. The number of anilines is 1. The van der Waals surface area contributed by atoms with Crippen LogP contribution in [0.4, 0.5) is 10.1 Å². The molecule has 2 aliphatic rings. The number of aryl methyl sites for hydroxylation is 1. The average Bonchev–Trinajstić information content (AvgIpc) is 3.20. The van der Waals surface area contributed by atoms with Crippen LogP contribution in [-0.2, 0) is 7.05 Å². The fraction of sp³-hybridized carbons (Fsp3) is 0.241. The van der Waals surface area contributed by atoms with Crippen LogP contribution in [0, 0.1) is 5.82 Å². The second kappa shape index (κ2) is 9.00. The predicted molar refractivity (Wildman–Crippen MR) is 150 cm³/mol. The zero-order chi connectivity index (χ0) is 26.8. The smallest absolute Gasteiger partial charge is 0.332 e. The van der Waals surface area contributed by atoms with Crippen LogP contribution in [0.2, 0.25) is 5.02 Å². The van der Waals surface area contributed by atoms with Crippen molar-refractivity contribution in [2.75, 3.05) is 18.4 Å². The van der Waals surface area contributed by atoms with Crippen LogP contribution in [0.5, 0.6) is 5.75 Å². The first-order valence-electron chi connectivity index (χ1n) is 12.9. The first-order chi connectivity index (χ1) is 18.9. The van der Waals surface area contributed by atoms with E-state index in [-0.39, 0.29) is 11.4 Å². The van der Waals surface area contributed by atoms with E-state index in [4.69, 9.17) is 11.6 Å². The van der Waals surface area contributed by atoms with Gasteiger partial charge in [0.05, 0.1) is 22.4 Å². The van der Waals surface area contributed by atoms with Crippen molar-refractivity contribution in [3.63, 3.8) is 0 Å². The Labute approximate surface area is 228 Å².